The van der Waals surface area contributed by atoms with Gasteiger partial charge in [-0.15, -0.1) is 0 Å². The van der Waals surface area contributed by atoms with Gasteiger partial charge in [-0.25, -0.2) is 4.99 Å². The van der Waals surface area contributed by atoms with E-state index in [0.717, 1.165) is 17.9 Å². The molecule has 0 radical (unpaired) electrons. The van der Waals surface area contributed by atoms with Gasteiger partial charge >= 0.3 is 0 Å². The monoisotopic (exact) mass is 447 g/mol. The molecular weight excluding hydrogens is 421 g/mol. The zero-order chi connectivity index (χ0) is 22.4. The van der Waals surface area contributed by atoms with E-state index in [1.165, 1.54) is 38.2 Å². The molecule has 1 heterocycles. The zero-order valence-electron chi connectivity index (χ0n) is 18.9. The summed E-state index contributed by atoms with van der Waals surface area (Å²) in [7, 11) is -0.736. The van der Waals surface area contributed by atoms with Crippen molar-refractivity contribution >= 4 is 29.7 Å². The molecule has 0 spiro atoms. The maximum atomic E-state index is 6.52. The van der Waals surface area contributed by atoms with Crippen molar-refractivity contribution in [1.29, 1.82) is 0 Å². The molecule has 0 fully saturated rings. The summed E-state index contributed by atoms with van der Waals surface area (Å²) in [5.74, 6) is 0.793. The number of ether oxygens (including phenoxy) is 1. The highest BCUT2D eigenvalue weighted by Gasteiger charge is 2.40. The number of fused-ring (bicyclic) bond motifs is 3. The average molecular weight is 448 g/mol. The van der Waals surface area contributed by atoms with Gasteiger partial charge in [0.2, 0.25) is 5.90 Å². The van der Waals surface area contributed by atoms with Crippen LogP contribution in [0, 0.1) is 13.8 Å². The van der Waals surface area contributed by atoms with Gasteiger partial charge in [0.25, 0.3) is 0 Å². The van der Waals surface area contributed by atoms with E-state index in [-0.39, 0.29) is 12.1 Å². The molecule has 0 aromatic heterocycles. The highest BCUT2D eigenvalue weighted by molar-refractivity contribution is 7.80. The predicted octanol–water partition coefficient (Wildman–Crippen LogP) is 5.50. The van der Waals surface area contributed by atoms with Crippen molar-refractivity contribution in [1.82, 2.24) is 0 Å². The van der Waals surface area contributed by atoms with E-state index >= 15 is 0 Å². The Morgan fingerprint density at radius 2 is 1.33 bits per heavy atom. The van der Waals surface area contributed by atoms with Crippen LogP contribution in [0.1, 0.15) is 33.9 Å². The lowest BCUT2D eigenvalue weighted by Gasteiger charge is -2.22. The minimum atomic E-state index is -0.736. The molecule has 1 aliphatic heterocycles. The Kier molecular flexibility index (Phi) is 5.12. The van der Waals surface area contributed by atoms with E-state index in [2.05, 4.69) is 111 Å². The second-order valence-corrected chi connectivity index (χ2v) is 11.1. The van der Waals surface area contributed by atoms with Gasteiger partial charge in [-0.1, -0.05) is 102 Å². The quantitative estimate of drug-likeness (QED) is 0.379. The molecule has 2 nitrogen and oxygen atoms in total. The minimum absolute atomic E-state index is 0.106. The smallest absolute Gasteiger partial charge is 0.217 e. The zero-order valence-corrected chi connectivity index (χ0v) is 19.8. The Labute approximate surface area is 196 Å². The van der Waals surface area contributed by atoms with Crippen LogP contribution in [-0.2, 0) is 11.2 Å². The normalized spacial score (nSPS) is 18.6. The first-order chi connectivity index (χ1) is 16.2. The van der Waals surface area contributed by atoms with Gasteiger partial charge < -0.3 is 4.74 Å². The van der Waals surface area contributed by atoms with Crippen LogP contribution in [0.4, 0.5) is 0 Å². The summed E-state index contributed by atoms with van der Waals surface area (Å²) < 4.78 is 6.52. The Morgan fingerprint density at radius 1 is 0.727 bits per heavy atom. The number of hydrogen-bond acceptors (Lipinski definition) is 2. The first kappa shape index (κ1) is 20.4. The number of hydrogen-bond donors (Lipinski definition) is 0. The fourth-order valence-corrected chi connectivity index (χ4v) is 7.29. The highest BCUT2D eigenvalue weighted by atomic mass is 31.1. The van der Waals surface area contributed by atoms with Crippen molar-refractivity contribution in [3.8, 4) is 0 Å². The van der Waals surface area contributed by atoms with Crippen LogP contribution in [0.15, 0.2) is 102 Å². The third-order valence-corrected chi connectivity index (χ3v) is 9.13. The van der Waals surface area contributed by atoms with Gasteiger partial charge in [0.15, 0.2) is 0 Å². The molecule has 4 aromatic carbocycles. The summed E-state index contributed by atoms with van der Waals surface area (Å²) in [6.45, 7) is 4.28. The van der Waals surface area contributed by atoms with Crippen molar-refractivity contribution in [2.75, 3.05) is 0 Å². The lowest BCUT2D eigenvalue weighted by molar-refractivity contribution is 0.206. The SMILES string of the molecule is Cc1ccc(P(c2ccc(C)cc2)c2ccccc2C2=N[C@@H]3c4ccccc4C[C@@H]3O2)cc1. The molecular formula is C30H26NOP. The third-order valence-electron chi connectivity index (χ3n) is 6.63. The van der Waals surface area contributed by atoms with Crippen LogP contribution in [-0.4, -0.2) is 12.0 Å². The molecule has 4 aromatic rings. The standard InChI is InChI=1S/C30H26NOP/c1-20-11-15-23(16-12-20)33(24-17-13-21(2)14-18-24)28-10-6-5-9-26(28)30-31-29-25-8-4-3-7-22(25)19-27(29)32-30/h3-18,27,29H,19H2,1-2H3/t27-,29+/m0/s1. The van der Waals surface area contributed by atoms with E-state index < -0.39 is 7.92 Å². The van der Waals surface area contributed by atoms with Crippen LogP contribution >= 0.6 is 7.92 Å². The van der Waals surface area contributed by atoms with E-state index in [0.29, 0.717) is 0 Å². The topological polar surface area (TPSA) is 21.6 Å². The second kappa shape index (κ2) is 8.28. The fraction of sp³-hybridized carbons (Fsp3) is 0.167. The molecule has 0 amide bonds. The van der Waals surface area contributed by atoms with Crippen LogP contribution in [0.5, 0.6) is 0 Å². The Balaban J connectivity index is 1.46. The van der Waals surface area contributed by atoms with Crippen molar-refractivity contribution in [3.05, 3.63) is 125 Å². The summed E-state index contributed by atoms with van der Waals surface area (Å²) in [6, 6.07) is 35.4. The first-order valence-corrected chi connectivity index (χ1v) is 12.9. The van der Waals surface area contributed by atoms with Crippen LogP contribution < -0.4 is 15.9 Å². The van der Waals surface area contributed by atoms with Crippen LogP contribution in [0.3, 0.4) is 0 Å². The minimum Gasteiger partial charge on any atom is -0.471 e. The van der Waals surface area contributed by atoms with Gasteiger partial charge in [0.1, 0.15) is 12.1 Å². The molecule has 33 heavy (non-hydrogen) atoms. The number of benzene rings is 4. The first-order valence-electron chi connectivity index (χ1n) is 11.5. The van der Waals surface area contributed by atoms with Gasteiger partial charge in [0, 0.05) is 12.0 Å². The second-order valence-electron chi connectivity index (χ2n) is 8.96. The molecule has 0 N–H and O–H groups in total. The largest absolute Gasteiger partial charge is 0.471 e. The summed E-state index contributed by atoms with van der Waals surface area (Å²) in [5.41, 5.74) is 6.36. The number of rotatable bonds is 4. The van der Waals surface area contributed by atoms with Crippen molar-refractivity contribution in [2.45, 2.75) is 32.4 Å². The summed E-state index contributed by atoms with van der Waals surface area (Å²) in [6.07, 6.45) is 1.04. The molecule has 0 saturated heterocycles. The van der Waals surface area contributed by atoms with Crippen LogP contribution in [0.2, 0.25) is 0 Å². The molecule has 6 rings (SSSR count). The maximum Gasteiger partial charge on any atom is 0.217 e. The summed E-state index contributed by atoms with van der Waals surface area (Å²) >= 11 is 0. The van der Waals surface area contributed by atoms with Crippen LogP contribution in [0.25, 0.3) is 0 Å². The fourth-order valence-electron chi connectivity index (χ4n) is 4.89. The number of aliphatic imine (C=N–C) groups is 1. The predicted molar refractivity (Wildman–Crippen MR) is 139 cm³/mol. The van der Waals surface area contributed by atoms with Crippen molar-refractivity contribution in [3.63, 3.8) is 0 Å². The van der Waals surface area contributed by atoms with Crippen molar-refractivity contribution in [2.24, 2.45) is 4.99 Å². The molecule has 1 aliphatic carbocycles. The maximum absolute atomic E-state index is 6.52. The van der Waals surface area contributed by atoms with E-state index in [1.807, 2.05) is 0 Å². The average Bonchev–Trinajstić information content (AvgIpc) is 3.40. The molecule has 2 aliphatic rings. The van der Waals surface area contributed by atoms with Gasteiger partial charge in [0.05, 0.1) is 0 Å². The Hall–Kier alpha value is -3.22. The van der Waals surface area contributed by atoms with E-state index in [4.69, 9.17) is 9.73 Å². The molecule has 3 heteroatoms. The Morgan fingerprint density at radius 3 is 2.03 bits per heavy atom. The van der Waals surface area contributed by atoms with Gasteiger partial charge in [-0.3, -0.25) is 0 Å². The van der Waals surface area contributed by atoms with Crippen molar-refractivity contribution < 1.29 is 4.74 Å². The number of aryl methyl sites for hydroxylation is 2. The molecule has 162 valence electrons. The van der Waals surface area contributed by atoms with Gasteiger partial charge in [-0.05, 0) is 54.9 Å². The van der Waals surface area contributed by atoms with E-state index in [9.17, 15) is 0 Å². The Bertz CT molecular complexity index is 1300. The third kappa shape index (κ3) is 3.69. The molecule has 0 saturated carbocycles. The molecule has 2 atom stereocenters. The highest BCUT2D eigenvalue weighted by Crippen LogP contribution is 2.42. The lowest BCUT2D eigenvalue weighted by Crippen LogP contribution is -2.26. The van der Waals surface area contributed by atoms with Gasteiger partial charge in [-0.2, -0.15) is 0 Å². The molecule has 0 unspecified atom stereocenters. The summed E-state index contributed by atoms with van der Waals surface area (Å²) in [5, 5.41) is 3.99. The van der Waals surface area contributed by atoms with E-state index in [1.54, 1.807) is 0 Å². The lowest BCUT2D eigenvalue weighted by atomic mass is 10.1. The summed E-state index contributed by atoms with van der Waals surface area (Å²) in [4.78, 5) is 5.13. The number of nitrogens with zero attached hydrogens (tertiary/aromatic N) is 1. The molecule has 0 bridgehead atoms.